The van der Waals surface area contributed by atoms with E-state index in [1.165, 1.54) is 0 Å². The molecule has 0 bridgehead atoms. The minimum absolute atomic E-state index is 0.926. The van der Waals surface area contributed by atoms with Crippen LogP contribution in [-0.4, -0.2) is 9.97 Å². The Morgan fingerprint density at radius 2 is 1.32 bits per heavy atom. The molecule has 92 valence electrons. The SMILES string of the molecule is Brc1ccc(-c2ccc(-c3ccccc3)nc2)nc1. The smallest absolute Gasteiger partial charge is 0.0718 e. The molecule has 0 fully saturated rings. The molecule has 3 rings (SSSR count). The molecule has 2 aromatic heterocycles. The maximum Gasteiger partial charge on any atom is 0.0718 e. The largest absolute Gasteiger partial charge is 0.256 e. The molecule has 0 unspecified atom stereocenters. The number of benzene rings is 1. The summed E-state index contributed by atoms with van der Waals surface area (Å²) in [5.41, 5.74) is 4.04. The Kier molecular flexibility index (Phi) is 3.38. The fourth-order valence-electron chi connectivity index (χ4n) is 1.87. The number of pyridine rings is 2. The third-order valence-corrected chi connectivity index (χ3v) is 3.33. The van der Waals surface area contributed by atoms with E-state index in [0.717, 1.165) is 27.0 Å². The number of rotatable bonds is 2. The summed E-state index contributed by atoms with van der Waals surface area (Å²) in [6, 6.07) is 18.2. The summed E-state index contributed by atoms with van der Waals surface area (Å²) in [6.07, 6.45) is 3.65. The molecule has 0 N–H and O–H groups in total. The molecule has 0 aliphatic rings. The Labute approximate surface area is 120 Å². The predicted molar refractivity (Wildman–Crippen MR) is 80.6 cm³/mol. The molecule has 2 nitrogen and oxygen atoms in total. The third kappa shape index (κ3) is 2.71. The zero-order valence-electron chi connectivity index (χ0n) is 10.1. The molecular weight excluding hydrogens is 300 g/mol. The summed E-state index contributed by atoms with van der Waals surface area (Å²) < 4.78 is 0.977. The van der Waals surface area contributed by atoms with Crippen molar-refractivity contribution in [1.29, 1.82) is 0 Å². The van der Waals surface area contributed by atoms with Crippen molar-refractivity contribution < 1.29 is 0 Å². The lowest BCUT2D eigenvalue weighted by atomic mass is 10.1. The molecule has 3 aromatic rings. The Morgan fingerprint density at radius 1 is 0.632 bits per heavy atom. The second kappa shape index (κ2) is 5.33. The first-order chi connectivity index (χ1) is 9.33. The van der Waals surface area contributed by atoms with E-state index in [1.54, 1.807) is 6.20 Å². The average molecular weight is 311 g/mol. The van der Waals surface area contributed by atoms with E-state index in [-0.39, 0.29) is 0 Å². The highest BCUT2D eigenvalue weighted by Crippen LogP contribution is 2.21. The second-order valence-corrected chi connectivity index (χ2v) is 5.08. The lowest BCUT2D eigenvalue weighted by Gasteiger charge is -2.03. The Morgan fingerprint density at radius 3 is 1.95 bits per heavy atom. The van der Waals surface area contributed by atoms with Crippen molar-refractivity contribution in [2.75, 3.05) is 0 Å². The molecule has 1 aromatic carbocycles. The fourth-order valence-corrected chi connectivity index (χ4v) is 2.11. The highest BCUT2D eigenvalue weighted by molar-refractivity contribution is 9.10. The molecule has 0 aliphatic carbocycles. The maximum absolute atomic E-state index is 4.50. The van der Waals surface area contributed by atoms with Gasteiger partial charge in [-0.1, -0.05) is 30.3 Å². The van der Waals surface area contributed by atoms with Gasteiger partial charge in [0.15, 0.2) is 0 Å². The van der Waals surface area contributed by atoms with Gasteiger partial charge in [-0.15, -0.1) is 0 Å². The van der Waals surface area contributed by atoms with Gasteiger partial charge in [0.2, 0.25) is 0 Å². The van der Waals surface area contributed by atoms with Gasteiger partial charge in [-0.3, -0.25) is 9.97 Å². The van der Waals surface area contributed by atoms with Crippen LogP contribution in [0.4, 0.5) is 0 Å². The van der Waals surface area contributed by atoms with Crippen LogP contribution in [0.5, 0.6) is 0 Å². The highest BCUT2D eigenvalue weighted by atomic mass is 79.9. The molecule has 2 heterocycles. The quantitative estimate of drug-likeness (QED) is 0.692. The first-order valence-corrected chi connectivity index (χ1v) is 6.75. The van der Waals surface area contributed by atoms with Crippen molar-refractivity contribution in [2.24, 2.45) is 0 Å². The van der Waals surface area contributed by atoms with Crippen molar-refractivity contribution in [3.05, 3.63) is 71.5 Å². The van der Waals surface area contributed by atoms with Crippen LogP contribution in [0.2, 0.25) is 0 Å². The van der Waals surface area contributed by atoms with E-state index in [1.807, 2.05) is 48.7 Å². The molecule has 0 radical (unpaired) electrons. The van der Waals surface area contributed by atoms with Crippen LogP contribution in [0.25, 0.3) is 22.5 Å². The Bertz CT molecular complexity index is 661. The predicted octanol–water partition coefficient (Wildman–Crippen LogP) is 4.57. The van der Waals surface area contributed by atoms with Crippen LogP contribution in [0.15, 0.2) is 71.5 Å². The molecule has 0 saturated carbocycles. The van der Waals surface area contributed by atoms with Crippen LogP contribution in [0.1, 0.15) is 0 Å². The van der Waals surface area contributed by atoms with E-state index < -0.39 is 0 Å². The highest BCUT2D eigenvalue weighted by Gasteiger charge is 2.02. The standard InChI is InChI=1S/C16H11BrN2/c17-14-7-9-16(19-11-14)13-6-8-15(18-10-13)12-4-2-1-3-5-12/h1-11H. The van der Waals surface area contributed by atoms with Gasteiger partial charge in [-0.25, -0.2) is 0 Å². The lowest BCUT2D eigenvalue weighted by Crippen LogP contribution is -1.86. The molecule has 0 spiro atoms. The summed E-state index contributed by atoms with van der Waals surface area (Å²) >= 11 is 3.38. The summed E-state index contributed by atoms with van der Waals surface area (Å²) in [5, 5.41) is 0. The summed E-state index contributed by atoms with van der Waals surface area (Å²) in [6.45, 7) is 0. The maximum atomic E-state index is 4.50. The molecule has 0 amide bonds. The van der Waals surface area contributed by atoms with Gasteiger partial charge in [0.25, 0.3) is 0 Å². The van der Waals surface area contributed by atoms with Crippen LogP contribution < -0.4 is 0 Å². The average Bonchev–Trinajstić information content (AvgIpc) is 2.49. The first kappa shape index (κ1) is 12.1. The monoisotopic (exact) mass is 310 g/mol. The van der Waals surface area contributed by atoms with Gasteiger partial charge in [0.05, 0.1) is 11.4 Å². The van der Waals surface area contributed by atoms with Crippen LogP contribution in [-0.2, 0) is 0 Å². The number of hydrogen-bond donors (Lipinski definition) is 0. The number of hydrogen-bond acceptors (Lipinski definition) is 2. The Balaban J connectivity index is 1.93. The van der Waals surface area contributed by atoms with Crippen molar-refractivity contribution in [3.8, 4) is 22.5 Å². The van der Waals surface area contributed by atoms with Gasteiger partial charge in [-0.05, 0) is 40.2 Å². The second-order valence-electron chi connectivity index (χ2n) is 4.16. The van der Waals surface area contributed by atoms with Crippen LogP contribution in [0, 0.1) is 0 Å². The summed E-state index contributed by atoms with van der Waals surface area (Å²) in [4.78, 5) is 8.86. The molecular formula is C16H11BrN2. The fraction of sp³-hybridized carbons (Fsp3) is 0. The van der Waals surface area contributed by atoms with E-state index in [2.05, 4.69) is 38.0 Å². The molecule has 19 heavy (non-hydrogen) atoms. The molecule has 0 aliphatic heterocycles. The van der Waals surface area contributed by atoms with E-state index in [4.69, 9.17) is 0 Å². The lowest BCUT2D eigenvalue weighted by molar-refractivity contribution is 1.27. The number of aromatic nitrogens is 2. The van der Waals surface area contributed by atoms with E-state index >= 15 is 0 Å². The van der Waals surface area contributed by atoms with Crippen LogP contribution >= 0.6 is 15.9 Å². The Hall–Kier alpha value is -2.00. The first-order valence-electron chi connectivity index (χ1n) is 5.96. The normalized spacial score (nSPS) is 10.4. The zero-order chi connectivity index (χ0) is 13.1. The van der Waals surface area contributed by atoms with Gasteiger partial charge in [0, 0.05) is 28.0 Å². The van der Waals surface area contributed by atoms with Gasteiger partial charge in [-0.2, -0.15) is 0 Å². The number of nitrogens with zero attached hydrogens (tertiary/aromatic N) is 2. The summed E-state index contributed by atoms with van der Waals surface area (Å²) in [7, 11) is 0. The van der Waals surface area contributed by atoms with Crippen LogP contribution in [0.3, 0.4) is 0 Å². The zero-order valence-corrected chi connectivity index (χ0v) is 11.7. The molecule has 3 heteroatoms. The third-order valence-electron chi connectivity index (χ3n) is 2.86. The van der Waals surface area contributed by atoms with Crippen molar-refractivity contribution in [1.82, 2.24) is 9.97 Å². The van der Waals surface area contributed by atoms with Gasteiger partial charge in [0.1, 0.15) is 0 Å². The van der Waals surface area contributed by atoms with Gasteiger partial charge < -0.3 is 0 Å². The van der Waals surface area contributed by atoms with Gasteiger partial charge >= 0.3 is 0 Å². The number of halogens is 1. The van der Waals surface area contributed by atoms with E-state index in [9.17, 15) is 0 Å². The van der Waals surface area contributed by atoms with Crippen molar-refractivity contribution >= 4 is 15.9 Å². The molecule has 0 saturated heterocycles. The van der Waals surface area contributed by atoms with Crippen molar-refractivity contribution in [2.45, 2.75) is 0 Å². The summed E-state index contributed by atoms with van der Waals surface area (Å²) in [5.74, 6) is 0. The van der Waals surface area contributed by atoms with Crippen molar-refractivity contribution in [3.63, 3.8) is 0 Å². The van der Waals surface area contributed by atoms with E-state index in [0.29, 0.717) is 0 Å². The minimum Gasteiger partial charge on any atom is -0.256 e. The molecule has 0 atom stereocenters. The topological polar surface area (TPSA) is 25.8 Å². The minimum atomic E-state index is 0.926.